The average molecular weight is 1790 g/mol. The summed E-state index contributed by atoms with van der Waals surface area (Å²) in [4.78, 5) is 0. The molecule has 0 saturated carbocycles. The van der Waals surface area contributed by atoms with Crippen LogP contribution in [0.4, 0.5) is 0 Å². The fourth-order valence-corrected chi connectivity index (χ4v) is 28.5. The number of benzene rings is 22. The predicted molar refractivity (Wildman–Crippen MR) is 582 cm³/mol. The highest BCUT2D eigenvalue weighted by atomic mass is 15.0. The van der Waals surface area contributed by atoms with Crippen LogP contribution in [0.25, 0.3) is 205 Å². The lowest BCUT2D eigenvalue weighted by atomic mass is 9.70. The Kier molecular flexibility index (Phi) is 15.5. The van der Waals surface area contributed by atoms with Crippen LogP contribution in [-0.4, -0.2) is 13.7 Å². The summed E-state index contributed by atoms with van der Waals surface area (Å²) in [6.45, 7) is 2.56. The Morgan fingerprint density at radius 1 is 0.163 bits per heavy atom. The van der Waals surface area contributed by atoms with E-state index in [1.165, 1.54) is 271 Å². The smallest absolute Gasteiger partial charge is 0.0726 e. The minimum absolute atomic E-state index is 0.460. The molecule has 3 heterocycles. The summed E-state index contributed by atoms with van der Waals surface area (Å²) in [5.41, 5.74) is 56.2. The number of hydrogen-bond donors (Lipinski definition) is 0. The van der Waals surface area contributed by atoms with Gasteiger partial charge < -0.3 is 13.7 Å². The van der Waals surface area contributed by atoms with Crippen molar-refractivity contribution in [2.75, 3.05) is 0 Å². The highest BCUT2D eigenvalue weighted by Crippen LogP contribution is 2.70. The summed E-state index contributed by atoms with van der Waals surface area (Å²) in [6, 6.07) is 186. The molecule has 3 aromatic heterocycles. The van der Waals surface area contributed by atoms with Gasteiger partial charge in [-0.3, -0.25) is 0 Å². The van der Waals surface area contributed by atoms with Crippen LogP contribution < -0.4 is 0 Å². The third-order valence-corrected chi connectivity index (χ3v) is 34.0. The maximum atomic E-state index is 2.65. The van der Waals surface area contributed by atoms with Crippen molar-refractivity contribution >= 4 is 65.4 Å². The zero-order valence-electron chi connectivity index (χ0n) is 77.2. The first kappa shape index (κ1) is 77.4. The molecule has 25 aromatic rings. The van der Waals surface area contributed by atoms with E-state index in [9.17, 15) is 0 Å². The molecule has 0 aliphatic heterocycles. The maximum Gasteiger partial charge on any atom is 0.0726 e. The van der Waals surface area contributed by atoms with Gasteiger partial charge in [-0.2, -0.15) is 0 Å². The van der Waals surface area contributed by atoms with Gasteiger partial charge in [0, 0.05) is 71.5 Å². The Bertz CT molecular complexity index is 9810. The van der Waals surface area contributed by atoms with Crippen molar-refractivity contribution in [1.82, 2.24) is 13.7 Å². The van der Waals surface area contributed by atoms with Gasteiger partial charge in [0.1, 0.15) is 0 Å². The minimum Gasteiger partial charge on any atom is -0.309 e. The number of aromatic nitrogens is 3. The van der Waals surface area contributed by atoms with Crippen LogP contribution in [0.3, 0.4) is 0 Å². The molecule has 7 aliphatic carbocycles. The molecule has 22 aromatic carbocycles. The lowest BCUT2D eigenvalue weighted by molar-refractivity contribution is 0.583. The first-order valence-corrected chi connectivity index (χ1v) is 49.7. The van der Waals surface area contributed by atoms with Crippen LogP contribution in [0.1, 0.15) is 90.4 Å². The molecule has 3 unspecified atom stereocenters. The van der Waals surface area contributed by atoms with E-state index in [0.717, 1.165) is 23.5 Å². The summed E-state index contributed by atoms with van der Waals surface area (Å²) in [5, 5.41) is 7.45. The summed E-state index contributed by atoms with van der Waals surface area (Å²) in [7, 11) is 0. The molecule has 0 radical (unpaired) electrons. The van der Waals surface area contributed by atoms with E-state index in [-0.39, 0.29) is 0 Å². The number of fused-ring (bicyclic) bond motifs is 45. The van der Waals surface area contributed by atoms with Crippen molar-refractivity contribution in [1.29, 1.82) is 0 Å². The fraction of sp³-hybridized carbons (Fsp3) is 0.0435. The van der Waals surface area contributed by atoms with Gasteiger partial charge in [-0.05, 0) is 268 Å². The molecule has 3 heteroatoms. The molecule has 141 heavy (non-hydrogen) atoms. The highest BCUT2D eigenvalue weighted by molar-refractivity contribution is 6.21. The van der Waals surface area contributed by atoms with Crippen molar-refractivity contribution < 1.29 is 0 Å². The molecule has 3 nitrogen and oxygen atoms in total. The highest BCUT2D eigenvalue weighted by Gasteiger charge is 2.57. The van der Waals surface area contributed by atoms with Gasteiger partial charge in [0.05, 0.1) is 49.3 Å². The summed E-state index contributed by atoms with van der Waals surface area (Å²) in [6.07, 6.45) is 0.779. The second kappa shape index (κ2) is 28.2. The van der Waals surface area contributed by atoms with Crippen molar-refractivity contribution in [2.24, 2.45) is 0 Å². The zero-order valence-corrected chi connectivity index (χ0v) is 77.2. The molecule has 0 saturated heterocycles. The van der Waals surface area contributed by atoms with E-state index in [1.54, 1.807) is 0 Å². The predicted octanol–water partition coefficient (Wildman–Crippen LogP) is 34.2. The van der Waals surface area contributed by atoms with Gasteiger partial charge in [0.2, 0.25) is 0 Å². The number of para-hydroxylation sites is 2. The molecule has 0 fully saturated rings. The third kappa shape index (κ3) is 9.87. The Hall–Kier alpha value is -17.8. The van der Waals surface area contributed by atoms with Crippen molar-refractivity contribution in [3.05, 3.63) is 569 Å². The number of rotatable bonds is 9. The second-order valence-electron chi connectivity index (χ2n) is 40.3. The van der Waals surface area contributed by atoms with Gasteiger partial charge in [-0.25, -0.2) is 0 Å². The standard InChI is InChI=1S/C138H85N3/c1-135(82-91-36-29-55-120-128(91)105-43-12-22-51-115(105)138(120)118-54-25-15-46-108(118)131-123(138)75-71-102-100-41-16-26-56-125(100)139(132(102)131)92-64-58-85(59-65-92)83-30-4-2-5-31-83)111-47-18-8-37-95(111)99-69-68-94(81-124(99)135)141-126-57-27-17-42-101(126)103-70-74-122-129(133(103)141)107-45-14-24-53-117(107)137(122)114-50-21-11-40-98(114)109-79-89(62-73-119(109)137)87-34-28-35-88(78-87)90-63-77-127-110(80-90)104-72-76-121-130(134(104)140(127)93-66-60-86(61-67-93)84-32-6-3-7-33-84)106-44-13-23-52-116(106)136(121)112-48-19-9-38-96(112)97-39-10-20-49-113(97)136/h2-81H,82H2,1H3. The van der Waals surface area contributed by atoms with E-state index < -0.39 is 21.7 Å². The second-order valence-corrected chi connectivity index (χ2v) is 40.3. The summed E-state index contributed by atoms with van der Waals surface area (Å²) < 4.78 is 7.78. The largest absolute Gasteiger partial charge is 0.309 e. The van der Waals surface area contributed by atoms with E-state index in [2.05, 4.69) is 506 Å². The Balaban J connectivity index is 0.525. The molecule has 0 amide bonds. The molecule has 3 spiro atoms. The van der Waals surface area contributed by atoms with Gasteiger partial charge in [0.25, 0.3) is 0 Å². The number of nitrogens with zero attached hydrogens (tertiary/aromatic N) is 3. The maximum absolute atomic E-state index is 2.65. The minimum atomic E-state index is -0.628. The molecule has 3 atom stereocenters. The Labute approximate surface area is 816 Å². The van der Waals surface area contributed by atoms with Gasteiger partial charge in [0.15, 0.2) is 0 Å². The van der Waals surface area contributed by atoms with E-state index in [1.807, 2.05) is 0 Å². The lowest BCUT2D eigenvalue weighted by Crippen LogP contribution is -2.26. The SMILES string of the molecule is CC1(Cc2cccc3c2-c2ccccc2C32c3ccccc3-c3c2ccc2c4ccccc4n(-c4ccc(-c5ccccc5)cc4)c32)c2ccccc2-c2ccc(-n3c4ccccc4c4ccc5c(c43)-c3ccccc3C53c4ccccc4-c4cc(-c5cccc(-c6ccc7c(c6)c6ccc8c(c6n7-c6ccc(-c7ccccc7)cc6)-c6ccccc6C86c7ccccc7-c7ccccc76)c5)ccc43)cc21. The lowest BCUT2D eigenvalue weighted by Gasteiger charge is -2.31. The fourth-order valence-electron chi connectivity index (χ4n) is 28.5. The average Bonchev–Trinajstić information content (AvgIpc) is 1.50. The number of hydrogen-bond acceptors (Lipinski definition) is 0. The van der Waals surface area contributed by atoms with Crippen LogP contribution in [0.2, 0.25) is 0 Å². The molecule has 7 aliphatic rings. The van der Waals surface area contributed by atoms with E-state index in [4.69, 9.17) is 0 Å². The molecular weight excluding hydrogens is 1700 g/mol. The van der Waals surface area contributed by atoms with Gasteiger partial charge >= 0.3 is 0 Å². The molecule has 0 bridgehead atoms. The van der Waals surface area contributed by atoms with Crippen molar-refractivity contribution in [3.63, 3.8) is 0 Å². The van der Waals surface area contributed by atoms with Crippen LogP contribution in [0.15, 0.2) is 485 Å². The van der Waals surface area contributed by atoms with Gasteiger partial charge in [-0.1, -0.05) is 419 Å². The first-order valence-electron chi connectivity index (χ1n) is 49.7. The van der Waals surface area contributed by atoms with Gasteiger partial charge in [-0.15, -0.1) is 0 Å². The third-order valence-electron chi connectivity index (χ3n) is 34.0. The van der Waals surface area contributed by atoms with E-state index in [0.29, 0.717) is 0 Å². The Morgan fingerprint density at radius 2 is 0.461 bits per heavy atom. The topological polar surface area (TPSA) is 14.8 Å². The van der Waals surface area contributed by atoms with Crippen molar-refractivity contribution in [3.8, 4) is 139 Å². The summed E-state index contributed by atoms with van der Waals surface area (Å²) >= 11 is 0. The molecular formula is C138H85N3. The monoisotopic (exact) mass is 1780 g/mol. The normalized spacial score (nSPS) is 16.4. The van der Waals surface area contributed by atoms with Crippen molar-refractivity contribution in [2.45, 2.75) is 35.0 Å². The summed E-state index contributed by atoms with van der Waals surface area (Å²) in [5.74, 6) is 0. The molecule has 652 valence electrons. The van der Waals surface area contributed by atoms with Crippen LogP contribution in [0, 0.1) is 0 Å². The molecule has 32 rings (SSSR count). The molecule has 0 N–H and O–H groups in total. The Morgan fingerprint density at radius 3 is 0.950 bits per heavy atom. The van der Waals surface area contributed by atoms with Crippen LogP contribution in [-0.2, 0) is 28.1 Å². The van der Waals surface area contributed by atoms with E-state index >= 15 is 0 Å². The van der Waals surface area contributed by atoms with Crippen LogP contribution in [0.5, 0.6) is 0 Å². The quantitative estimate of drug-likeness (QED) is 0.137. The van der Waals surface area contributed by atoms with Crippen LogP contribution >= 0.6 is 0 Å². The zero-order chi connectivity index (χ0) is 92.0. The first-order chi connectivity index (χ1) is 69.8.